The normalized spacial score (nSPS) is 18.6. The van der Waals surface area contributed by atoms with Gasteiger partial charge in [-0.05, 0) is 48.0 Å². The van der Waals surface area contributed by atoms with E-state index in [4.69, 9.17) is 21.6 Å². The van der Waals surface area contributed by atoms with Crippen LogP contribution in [0.15, 0.2) is 42.5 Å². The number of nitrogens with one attached hydrogen (secondary N) is 1. The molecule has 1 atom stereocenters. The Hall–Kier alpha value is -3.15. The summed E-state index contributed by atoms with van der Waals surface area (Å²) in [6.45, 7) is 0.0357. The van der Waals surface area contributed by atoms with E-state index < -0.39 is 23.6 Å². The van der Waals surface area contributed by atoms with Gasteiger partial charge in [-0.25, -0.2) is 9.18 Å². The molecule has 0 radical (unpaired) electrons. The summed E-state index contributed by atoms with van der Waals surface area (Å²) in [4.78, 5) is 25.8. The Kier molecular flexibility index (Phi) is 5.49. The molecule has 0 saturated carbocycles. The van der Waals surface area contributed by atoms with Crippen LogP contribution in [-0.4, -0.2) is 29.4 Å². The molecule has 0 aliphatic carbocycles. The molecule has 9 heteroatoms. The van der Waals surface area contributed by atoms with E-state index in [0.717, 1.165) is 6.07 Å². The van der Waals surface area contributed by atoms with Crippen molar-refractivity contribution >= 4 is 29.3 Å². The molecule has 0 aromatic heterocycles. The van der Waals surface area contributed by atoms with Crippen molar-refractivity contribution in [2.24, 2.45) is 0 Å². The molecule has 1 fully saturated rings. The summed E-state index contributed by atoms with van der Waals surface area (Å²) in [5, 5.41) is 21.8. The number of hydrogen-bond donors (Lipinski definition) is 2. The standard InChI is InChI=1S/C19H15ClFN3O4/c20-14-7-13(8-15(21)9-14)11-23-18(26)28-19(27)5-6-24(17(19)25)16-3-1-12(10-22)2-4-16/h1-4,7-9,27H,5-6,11H2,(H,23,26)/t19-/m0/s1. The van der Waals surface area contributed by atoms with Crippen molar-refractivity contribution in [3.05, 3.63) is 64.4 Å². The van der Waals surface area contributed by atoms with E-state index in [0.29, 0.717) is 16.8 Å². The van der Waals surface area contributed by atoms with Gasteiger partial charge >= 0.3 is 6.09 Å². The summed E-state index contributed by atoms with van der Waals surface area (Å²) < 4.78 is 18.2. The highest BCUT2D eigenvalue weighted by molar-refractivity contribution is 6.30. The third-order valence-corrected chi connectivity index (χ3v) is 4.40. The molecule has 1 saturated heterocycles. The maximum absolute atomic E-state index is 13.3. The first-order chi connectivity index (χ1) is 13.3. The third-order valence-electron chi connectivity index (χ3n) is 4.18. The van der Waals surface area contributed by atoms with Crippen molar-refractivity contribution < 1.29 is 23.8 Å². The zero-order valence-electron chi connectivity index (χ0n) is 14.5. The Morgan fingerprint density at radius 3 is 2.71 bits per heavy atom. The Morgan fingerprint density at radius 2 is 2.07 bits per heavy atom. The summed E-state index contributed by atoms with van der Waals surface area (Å²) >= 11 is 5.75. The molecule has 28 heavy (non-hydrogen) atoms. The zero-order valence-corrected chi connectivity index (χ0v) is 15.2. The third kappa shape index (κ3) is 4.22. The van der Waals surface area contributed by atoms with Crippen molar-refractivity contribution in [3.8, 4) is 6.07 Å². The van der Waals surface area contributed by atoms with Gasteiger partial charge in [-0.15, -0.1) is 0 Å². The first kappa shape index (κ1) is 19.6. The molecular weight excluding hydrogens is 389 g/mol. The first-order valence-corrected chi connectivity index (χ1v) is 8.65. The van der Waals surface area contributed by atoms with E-state index in [1.165, 1.54) is 29.2 Å². The van der Waals surface area contributed by atoms with Gasteiger partial charge < -0.3 is 20.1 Å². The SMILES string of the molecule is N#Cc1ccc(N2CC[C@](O)(OC(=O)NCc3cc(F)cc(Cl)c3)C2=O)cc1. The Bertz CT molecular complexity index is 940. The van der Waals surface area contributed by atoms with Crippen LogP contribution in [0.25, 0.3) is 0 Å². The smallest absolute Gasteiger partial charge is 0.407 e. The fourth-order valence-corrected chi connectivity index (χ4v) is 3.06. The second-order valence-electron chi connectivity index (χ2n) is 6.17. The molecule has 1 aliphatic heterocycles. The fourth-order valence-electron chi connectivity index (χ4n) is 2.82. The van der Waals surface area contributed by atoms with Crippen LogP contribution in [0.5, 0.6) is 0 Å². The lowest BCUT2D eigenvalue weighted by Gasteiger charge is -2.22. The van der Waals surface area contributed by atoms with Crippen LogP contribution in [0, 0.1) is 17.1 Å². The minimum Gasteiger partial charge on any atom is -0.407 e. The number of carbonyl (C=O) groups is 2. The van der Waals surface area contributed by atoms with Gasteiger partial charge in [0.25, 0.3) is 11.7 Å². The van der Waals surface area contributed by atoms with E-state index in [1.54, 1.807) is 12.1 Å². The lowest BCUT2D eigenvalue weighted by atomic mass is 10.2. The van der Waals surface area contributed by atoms with Crippen molar-refractivity contribution in [2.75, 3.05) is 11.4 Å². The molecule has 0 spiro atoms. The van der Waals surface area contributed by atoms with Gasteiger partial charge in [0.1, 0.15) is 5.82 Å². The molecule has 7 nitrogen and oxygen atoms in total. The average molecular weight is 404 g/mol. The predicted octanol–water partition coefficient (Wildman–Crippen LogP) is 2.70. The number of nitrogens with zero attached hydrogens (tertiary/aromatic N) is 2. The van der Waals surface area contributed by atoms with Crippen molar-refractivity contribution in [1.29, 1.82) is 5.26 Å². The van der Waals surface area contributed by atoms with Crippen LogP contribution in [0.4, 0.5) is 14.9 Å². The first-order valence-electron chi connectivity index (χ1n) is 8.27. The Labute approximate surface area is 164 Å². The predicted molar refractivity (Wildman–Crippen MR) is 97.8 cm³/mol. The number of carbonyl (C=O) groups excluding carboxylic acids is 2. The van der Waals surface area contributed by atoms with Crippen LogP contribution >= 0.6 is 11.6 Å². The summed E-state index contributed by atoms with van der Waals surface area (Å²) in [5.41, 5.74) is 1.29. The van der Waals surface area contributed by atoms with Crippen molar-refractivity contribution in [1.82, 2.24) is 5.32 Å². The van der Waals surface area contributed by atoms with Gasteiger partial charge in [0.05, 0.1) is 11.6 Å². The van der Waals surface area contributed by atoms with E-state index in [9.17, 15) is 19.1 Å². The number of benzene rings is 2. The van der Waals surface area contributed by atoms with E-state index in [2.05, 4.69) is 5.32 Å². The highest BCUT2D eigenvalue weighted by atomic mass is 35.5. The molecule has 0 unspecified atom stereocenters. The van der Waals surface area contributed by atoms with Crippen LogP contribution in [0.3, 0.4) is 0 Å². The number of rotatable bonds is 4. The minimum absolute atomic E-state index is 0.0973. The molecule has 0 bridgehead atoms. The monoisotopic (exact) mass is 403 g/mol. The molecule has 3 rings (SSSR count). The number of alkyl carbamates (subject to hydrolysis) is 1. The summed E-state index contributed by atoms with van der Waals surface area (Å²) in [6, 6.07) is 12.0. The number of amides is 2. The molecule has 144 valence electrons. The van der Waals surface area contributed by atoms with E-state index in [-0.39, 0.29) is 24.5 Å². The fraction of sp³-hybridized carbons (Fsp3) is 0.211. The van der Waals surface area contributed by atoms with Crippen LogP contribution < -0.4 is 10.2 Å². The summed E-state index contributed by atoms with van der Waals surface area (Å²) in [6.07, 6.45) is -1.15. The Balaban J connectivity index is 1.62. The van der Waals surface area contributed by atoms with Gasteiger partial charge in [-0.1, -0.05) is 11.6 Å². The van der Waals surface area contributed by atoms with E-state index in [1.807, 2.05) is 6.07 Å². The van der Waals surface area contributed by atoms with Gasteiger partial charge in [0.15, 0.2) is 0 Å². The average Bonchev–Trinajstić information content (AvgIpc) is 2.94. The van der Waals surface area contributed by atoms with Crippen LogP contribution in [-0.2, 0) is 16.1 Å². The molecular formula is C19H15ClFN3O4. The molecule has 2 N–H and O–H groups in total. The second-order valence-corrected chi connectivity index (χ2v) is 6.61. The molecule has 1 heterocycles. The van der Waals surface area contributed by atoms with E-state index >= 15 is 0 Å². The maximum atomic E-state index is 13.3. The number of aliphatic hydroxyl groups is 1. The maximum Gasteiger partial charge on any atom is 0.410 e. The quantitative estimate of drug-likeness (QED) is 0.764. The summed E-state index contributed by atoms with van der Waals surface area (Å²) in [5.74, 6) is -3.65. The number of ether oxygens (including phenoxy) is 1. The lowest BCUT2D eigenvalue weighted by molar-refractivity contribution is -0.175. The second kappa shape index (κ2) is 7.84. The highest BCUT2D eigenvalue weighted by Gasteiger charge is 2.49. The zero-order chi connectivity index (χ0) is 20.3. The van der Waals surface area contributed by atoms with Crippen molar-refractivity contribution in [3.63, 3.8) is 0 Å². The van der Waals surface area contributed by atoms with Crippen molar-refractivity contribution in [2.45, 2.75) is 18.8 Å². The van der Waals surface area contributed by atoms with Gasteiger partial charge in [0.2, 0.25) is 0 Å². The molecule has 2 aromatic carbocycles. The number of nitriles is 1. The molecule has 2 aromatic rings. The number of halogens is 2. The van der Waals surface area contributed by atoms with Gasteiger partial charge in [0, 0.05) is 30.2 Å². The van der Waals surface area contributed by atoms with Gasteiger partial charge in [-0.2, -0.15) is 5.26 Å². The lowest BCUT2D eigenvalue weighted by Crippen LogP contribution is -2.46. The topological polar surface area (TPSA) is 103 Å². The van der Waals surface area contributed by atoms with Crippen LogP contribution in [0.1, 0.15) is 17.5 Å². The number of hydrogen-bond acceptors (Lipinski definition) is 5. The largest absolute Gasteiger partial charge is 0.410 e. The van der Waals surface area contributed by atoms with Crippen LogP contribution in [0.2, 0.25) is 5.02 Å². The molecule has 1 aliphatic rings. The summed E-state index contributed by atoms with van der Waals surface area (Å²) in [7, 11) is 0. The minimum atomic E-state index is -2.31. The highest BCUT2D eigenvalue weighted by Crippen LogP contribution is 2.29. The Morgan fingerprint density at radius 1 is 1.36 bits per heavy atom. The number of anilines is 1. The molecule has 2 amide bonds. The van der Waals surface area contributed by atoms with Gasteiger partial charge in [-0.3, -0.25) is 4.79 Å².